The van der Waals surface area contributed by atoms with Gasteiger partial charge in [-0.2, -0.15) is 0 Å². The van der Waals surface area contributed by atoms with Crippen LogP contribution in [0.1, 0.15) is 13.8 Å². The molecule has 0 amide bonds. The molecule has 0 atom stereocenters. The number of aromatic nitrogens is 3. The quantitative estimate of drug-likeness (QED) is 0.546. The molecule has 0 radical (unpaired) electrons. The van der Waals surface area contributed by atoms with Gasteiger partial charge in [0, 0.05) is 18.3 Å². The SMILES string of the molecule is CC(C)(N)CNS(=O)(=O)c1cnc2[nH]c(=O)[nH]c(=O)c2c1. The summed E-state index contributed by atoms with van der Waals surface area (Å²) in [6.45, 7) is 3.36. The van der Waals surface area contributed by atoms with Crippen LogP contribution in [0.15, 0.2) is 26.7 Å². The molecule has 0 aliphatic heterocycles. The van der Waals surface area contributed by atoms with Gasteiger partial charge < -0.3 is 5.73 Å². The summed E-state index contributed by atoms with van der Waals surface area (Å²) < 4.78 is 26.6. The topological polar surface area (TPSA) is 151 Å². The molecule has 0 saturated carbocycles. The number of nitrogens with zero attached hydrogens (tertiary/aromatic N) is 1. The molecule has 0 fully saturated rings. The average Bonchev–Trinajstić information content (AvgIpc) is 2.35. The molecule has 0 saturated heterocycles. The van der Waals surface area contributed by atoms with E-state index in [0.717, 1.165) is 12.3 Å². The van der Waals surface area contributed by atoms with Crippen LogP contribution < -0.4 is 21.7 Å². The Labute approximate surface area is 119 Å². The van der Waals surface area contributed by atoms with Gasteiger partial charge in [-0.05, 0) is 19.9 Å². The highest BCUT2D eigenvalue weighted by molar-refractivity contribution is 7.89. The Bertz CT molecular complexity index is 891. The van der Waals surface area contributed by atoms with Gasteiger partial charge in [0.2, 0.25) is 10.0 Å². The fraction of sp³-hybridized carbons (Fsp3) is 0.364. The fourth-order valence-electron chi connectivity index (χ4n) is 1.54. The lowest BCUT2D eigenvalue weighted by Crippen LogP contribution is -2.45. The lowest BCUT2D eigenvalue weighted by molar-refractivity contribution is 0.498. The zero-order valence-corrected chi connectivity index (χ0v) is 12.2. The first-order chi connectivity index (χ1) is 9.58. The number of aromatic amines is 2. The van der Waals surface area contributed by atoms with Gasteiger partial charge in [-0.1, -0.05) is 0 Å². The van der Waals surface area contributed by atoms with Crippen LogP contribution >= 0.6 is 0 Å². The molecule has 0 unspecified atom stereocenters. The van der Waals surface area contributed by atoms with Crippen LogP contribution in [-0.2, 0) is 10.0 Å². The van der Waals surface area contributed by atoms with Crippen molar-refractivity contribution in [1.29, 1.82) is 0 Å². The number of hydrogen-bond donors (Lipinski definition) is 4. The maximum absolute atomic E-state index is 12.1. The van der Waals surface area contributed by atoms with Gasteiger partial charge in [-0.3, -0.25) is 14.8 Å². The van der Waals surface area contributed by atoms with E-state index in [1.807, 2.05) is 4.98 Å². The molecule has 0 bridgehead atoms. The lowest BCUT2D eigenvalue weighted by atomic mass is 10.1. The van der Waals surface area contributed by atoms with Crippen molar-refractivity contribution < 1.29 is 8.42 Å². The number of sulfonamides is 1. The zero-order valence-electron chi connectivity index (χ0n) is 11.4. The molecule has 5 N–H and O–H groups in total. The Kier molecular flexibility index (Phi) is 3.70. The number of nitrogens with two attached hydrogens (primary N) is 1. The highest BCUT2D eigenvalue weighted by atomic mass is 32.2. The molecule has 9 nitrogen and oxygen atoms in total. The molecular formula is C11H15N5O4S. The molecule has 0 spiro atoms. The van der Waals surface area contributed by atoms with Gasteiger partial charge >= 0.3 is 5.69 Å². The monoisotopic (exact) mass is 313 g/mol. The first-order valence-corrected chi connectivity index (χ1v) is 7.48. The largest absolute Gasteiger partial charge is 0.327 e. The molecule has 10 heteroatoms. The molecule has 0 aliphatic carbocycles. The van der Waals surface area contributed by atoms with Gasteiger partial charge in [0.15, 0.2) is 0 Å². The van der Waals surface area contributed by atoms with Crippen molar-refractivity contribution in [3.05, 3.63) is 33.1 Å². The number of fused-ring (bicyclic) bond motifs is 1. The van der Waals surface area contributed by atoms with Gasteiger partial charge in [0.05, 0.1) is 5.39 Å². The number of nitrogens with one attached hydrogen (secondary N) is 3. The third kappa shape index (κ3) is 3.54. The summed E-state index contributed by atoms with van der Waals surface area (Å²) in [6, 6.07) is 1.14. The third-order valence-corrected chi connectivity index (χ3v) is 3.96. The van der Waals surface area contributed by atoms with Crippen molar-refractivity contribution in [3.8, 4) is 0 Å². The summed E-state index contributed by atoms with van der Waals surface area (Å²) in [7, 11) is -3.85. The van der Waals surface area contributed by atoms with Crippen LogP contribution in [0, 0.1) is 0 Å². The molecule has 2 aromatic rings. The maximum atomic E-state index is 12.1. The van der Waals surface area contributed by atoms with Crippen LogP contribution in [0.3, 0.4) is 0 Å². The number of pyridine rings is 1. The van der Waals surface area contributed by atoms with Crippen LogP contribution in [-0.4, -0.2) is 35.5 Å². The van der Waals surface area contributed by atoms with E-state index in [2.05, 4.69) is 14.7 Å². The molecule has 2 heterocycles. The summed E-state index contributed by atoms with van der Waals surface area (Å²) in [5.41, 5.74) is 3.59. The van der Waals surface area contributed by atoms with Gasteiger partial charge in [-0.25, -0.2) is 22.9 Å². The first-order valence-electron chi connectivity index (χ1n) is 5.99. The van der Waals surface area contributed by atoms with Gasteiger partial charge in [-0.15, -0.1) is 0 Å². The Morgan fingerprint density at radius 2 is 2.00 bits per heavy atom. The van der Waals surface area contributed by atoms with Crippen LogP contribution in [0.25, 0.3) is 11.0 Å². The molecule has 0 aromatic carbocycles. The Morgan fingerprint density at radius 1 is 1.33 bits per heavy atom. The minimum atomic E-state index is -3.85. The van der Waals surface area contributed by atoms with Crippen molar-refractivity contribution in [3.63, 3.8) is 0 Å². The van der Waals surface area contributed by atoms with E-state index in [9.17, 15) is 18.0 Å². The smallest absolute Gasteiger partial charge is 0.324 e. The Morgan fingerprint density at radius 3 is 2.62 bits per heavy atom. The maximum Gasteiger partial charge on any atom is 0.327 e. The van der Waals surface area contributed by atoms with Crippen LogP contribution in [0.5, 0.6) is 0 Å². The van der Waals surface area contributed by atoms with E-state index >= 15 is 0 Å². The number of H-pyrrole nitrogens is 2. The van der Waals surface area contributed by atoms with E-state index in [1.165, 1.54) is 0 Å². The summed E-state index contributed by atoms with van der Waals surface area (Å²) in [6.07, 6.45) is 1.06. The second-order valence-corrected chi connectivity index (χ2v) is 7.06. The second kappa shape index (κ2) is 5.06. The molecule has 114 valence electrons. The summed E-state index contributed by atoms with van der Waals surface area (Å²) in [4.78, 5) is 30.7. The van der Waals surface area contributed by atoms with Gasteiger partial charge in [0.1, 0.15) is 10.5 Å². The second-order valence-electron chi connectivity index (χ2n) is 5.29. The molecule has 2 aromatic heterocycles. The van der Waals surface area contributed by atoms with E-state index in [4.69, 9.17) is 5.73 Å². The fourth-order valence-corrected chi connectivity index (χ4v) is 2.73. The highest BCUT2D eigenvalue weighted by Crippen LogP contribution is 2.11. The van der Waals surface area contributed by atoms with Crippen molar-refractivity contribution in [1.82, 2.24) is 19.7 Å². The summed E-state index contributed by atoms with van der Waals surface area (Å²) >= 11 is 0. The van der Waals surface area contributed by atoms with Crippen molar-refractivity contribution in [2.24, 2.45) is 5.73 Å². The summed E-state index contributed by atoms with van der Waals surface area (Å²) in [5, 5.41) is -0.0236. The third-order valence-electron chi connectivity index (χ3n) is 2.59. The minimum Gasteiger partial charge on any atom is -0.324 e. The molecule has 0 aliphatic rings. The van der Waals surface area contributed by atoms with Crippen molar-refractivity contribution in [2.45, 2.75) is 24.3 Å². The predicted molar refractivity (Wildman–Crippen MR) is 76.4 cm³/mol. The molecular weight excluding hydrogens is 298 g/mol. The van der Waals surface area contributed by atoms with E-state index in [1.54, 1.807) is 13.8 Å². The first kappa shape index (κ1) is 15.4. The van der Waals surface area contributed by atoms with Crippen molar-refractivity contribution >= 4 is 21.1 Å². The molecule has 21 heavy (non-hydrogen) atoms. The number of rotatable bonds is 4. The van der Waals surface area contributed by atoms with Crippen LogP contribution in [0.2, 0.25) is 0 Å². The van der Waals surface area contributed by atoms with E-state index in [0.29, 0.717) is 0 Å². The lowest BCUT2D eigenvalue weighted by Gasteiger charge is -2.18. The standard InChI is InChI=1S/C11H15N5O4S/c1-11(2,12)5-14-21(19,20)6-3-7-8(13-4-6)15-10(18)16-9(7)17/h3-4,14H,5,12H2,1-2H3,(H2,13,15,16,17,18). The van der Waals surface area contributed by atoms with Crippen molar-refractivity contribution in [2.75, 3.05) is 6.54 Å². The van der Waals surface area contributed by atoms with Crippen LogP contribution in [0.4, 0.5) is 0 Å². The predicted octanol–water partition coefficient (Wildman–Crippen LogP) is -1.37. The minimum absolute atomic E-state index is 0.0156. The Balaban J connectivity index is 2.48. The highest BCUT2D eigenvalue weighted by Gasteiger charge is 2.20. The summed E-state index contributed by atoms with van der Waals surface area (Å²) in [5.74, 6) is 0. The Hall–Kier alpha value is -2.04. The van der Waals surface area contributed by atoms with E-state index < -0.39 is 26.8 Å². The van der Waals surface area contributed by atoms with E-state index in [-0.39, 0.29) is 22.5 Å². The zero-order chi connectivity index (χ0) is 15.8. The van der Waals surface area contributed by atoms with Gasteiger partial charge in [0.25, 0.3) is 5.56 Å². The molecule has 2 rings (SSSR count). The normalized spacial score (nSPS) is 12.7. The number of hydrogen-bond acceptors (Lipinski definition) is 6. The average molecular weight is 313 g/mol.